The van der Waals surface area contributed by atoms with Gasteiger partial charge < -0.3 is 5.11 Å². The molecule has 0 aliphatic carbocycles. The minimum atomic E-state index is -1.46. The van der Waals surface area contributed by atoms with Gasteiger partial charge in [-0.05, 0) is 30.7 Å². The first-order valence-corrected chi connectivity index (χ1v) is 5.53. The number of aliphatic hydroxyl groups is 1. The maximum absolute atomic E-state index is 13.7. The number of hydrogen-bond acceptors (Lipinski definition) is 2. The number of hydrogen-bond donors (Lipinski definition) is 1. The highest BCUT2D eigenvalue weighted by Crippen LogP contribution is 2.31. The zero-order valence-electron chi connectivity index (χ0n) is 9.89. The van der Waals surface area contributed by atoms with E-state index in [1.807, 2.05) is 6.07 Å². The predicted molar refractivity (Wildman–Crippen MR) is 66.2 cm³/mol. The van der Waals surface area contributed by atoms with Crippen LogP contribution in [0.2, 0.25) is 0 Å². The van der Waals surface area contributed by atoms with Gasteiger partial charge in [0.25, 0.3) is 0 Å². The predicted octanol–water partition coefficient (Wildman–Crippen LogP) is 2.95. The van der Waals surface area contributed by atoms with Crippen molar-refractivity contribution in [3.8, 4) is 6.07 Å². The van der Waals surface area contributed by atoms with Gasteiger partial charge in [-0.25, -0.2) is 4.39 Å². The smallest absolute Gasteiger partial charge is 0.129 e. The molecule has 0 aliphatic heterocycles. The fourth-order valence-electron chi connectivity index (χ4n) is 1.90. The van der Waals surface area contributed by atoms with Crippen LogP contribution >= 0.6 is 0 Å². The zero-order valence-corrected chi connectivity index (χ0v) is 9.89. The van der Waals surface area contributed by atoms with E-state index in [1.165, 1.54) is 19.1 Å². The van der Waals surface area contributed by atoms with E-state index in [0.29, 0.717) is 11.1 Å². The third kappa shape index (κ3) is 2.11. The molecule has 0 aromatic heterocycles. The Morgan fingerprint density at radius 2 is 1.89 bits per heavy atom. The van der Waals surface area contributed by atoms with E-state index in [0.717, 1.165) is 0 Å². The Kier molecular flexibility index (Phi) is 3.14. The van der Waals surface area contributed by atoms with Crippen LogP contribution in [0.3, 0.4) is 0 Å². The summed E-state index contributed by atoms with van der Waals surface area (Å²) < 4.78 is 13.7. The van der Waals surface area contributed by atoms with Gasteiger partial charge in [0.1, 0.15) is 11.4 Å². The molecule has 2 nitrogen and oxygen atoms in total. The van der Waals surface area contributed by atoms with E-state index in [1.54, 1.807) is 36.4 Å². The average molecular weight is 241 g/mol. The summed E-state index contributed by atoms with van der Waals surface area (Å²) >= 11 is 0. The molecule has 0 amide bonds. The van der Waals surface area contributed by atoms with Gasteiger partial charge in [-0.1, -0.05) is 30.3 Å². The highest BCUT2D eigenvalue weighted by Gasteiger charge is 2.28. The molecule has 18 heavy (non-hydrogen) atoms. The Balaban J connectivity index is 2.55. The van der Waals surface area contributed by atoms with Crippen molar-refractivity contribution in [1.29, 1.82) is 5.26 Å². The van der Waals surface area contributed by atoms with Gasteiger partial charge in [-0.2, -0.15) is 5.26 Å². The molecule has 0 saturated carbocycles. The monoisotopic (exact) mass is 241 g/mol. The van der Waals surface area contributed by atoms with Crippen molar-refractivity contribution < 1.29 is 9.50 Å². The minimum absolute atomic E-state index is 0.195. The van der Waals surface area contributed by atoms with Gasteiger partial charge in [0.2, 0.25) is 0 Å². The summed E-state index contributed by atoms with van der Waals surface area (Å²) in [5.41, 5.74) is -0.339. The Labute approximate surface area is 105 Å². The summed E-state index contributed by atoms with van der Waals surface area (Å²) in [4.78, 5) is 0. The normalized spacial score (nSPS) is 13.7. The molecule has 0 spiro atoms. The minimum Gasteiger partial charge on any atom is -0.381 e. The number of benzene rings is 2. The van der Waals surface area contributed by atoms with Crippen LogP contribution in [-0.4, -0.2) is 5.11 Å². The van der Waals surface area contributed by atoms with Crippen molar-refractivity contribution in [2.24, 2.45) is 0 Å². The summed E-state index contributed by atoms with van der Waals surface area (Å²) in [5.74, 6) is -0.468. The van der Waals surface area contributed by atoms with Crippen LogP contribution in [0.5, 0.6) is 0 Å². The van der Waals surface area contributed by atoms with Gasteiger partial charge in [-0.15, -0.1) is 0 Å². The highest BCUT2D eigenvalue weighted by molar-refractivity contribution is 5.41. The molecule has 2 aromatic rings. The number of nitriles is 1. The zero-order chi connectivity index (χ0) is 13.2. The summed E-state index contributed by atoms with van der Waals surface area (Å²) in [5, 5.41) is 19.4. The average Bonchev–Trinajstić information content (AvgIpc) is 2.39. The van der Waals surface area contributed by atoms with Crippen molar-refractivity contribution in [3.05, 3.63) is 71.0 Å². The molecule has 1 unspecified atom stereocenters. The highest BCUT2D eigenvalue weighted by atomic mass is 19.1. The van der Waals surface area contributed by atoms with Gasteiger partial charge in [-0.3, -0.25) is 0 Å². The molecular formula is C15H12FNO. The van der Waals surface area contributed by atoms with Crippen LogP contribution in [0.4, 0.5) is 4.39 Å². The van der Waals surface area contributed by atoms with E-state index in [4.69, 9.17) is 5.26 Å². The Morgan fingerprint density at radius 3 is 2.56 bits per heavy atom. The lowest BCUT2D eigenvalue weighted by Crippen LogP contribution is -2.24. The molecule has 1 N–H and O–H groups in total. The van der Waals surface area contributed by atoms with E-state index >= 15 is 0 Å². The summed E-state index contributed by atoms with van der Waals surface area (Å²) in [6, 6.07) is 14.6. The first kappa shape index (κ1) is 12.3. The molecule has 0 aliphatic rings. The molecule has 0 radical (unpaired) electrons. The maximum atomic E-state index is 13.7. The third-order valence-corrected chi connectivity index (χ3v) is 2.95. The SMILES string of the molecule is CC(O)(c1cccc(C#N)c1)c1ccccc1F. The molecule has 0 saturated heterocycles. The van der Waals surface area contributed by atoms with Crippen LogP contribution in [0.25, 0.3) is 0 Å². The standard InChI is InChI=1S/C15H12FNO/c1-15(18,13-7-2-3-8-14(13)16)12-6-4-5-11(9-12)10-17/h2-9,18H,1H3. The van der Waals surface area contributed by atoms with Crippen molar-refractivity contribution >= 4 is 0 Å². The van der Waals surface area contributed by atoms with E-state index in [-0.39, 0.29) is 5.56 Å². The molecule has 0 heterocycles. The van der Waals surface area contributed by atoms with Gasteiger partial charge in [0, 0.05) is 5.56 Å². The Hall–Kier alpha value is -2.18. The molecular weight excluding hydrogens is 229 g/mol. The molecule has 2 rings (SSSR count). The maximum Gasteiger partial charge on any atom is 0.129 e. The second-order valence-electron chi connectivity index (χ2n) is 4.24. The van der Waals surface area contributed by atoms with Crippen molar-refractivity contribution in [3.63, 3.8) is 0 Å². The molecule has 90 valence electrons. The van der Waals surface area contributed by atoms with Gasteiger partial charge in [0.05, 0.1) is 11.6 Å². The summed E-state index contributed by atoms with van der Waals surface area (Å²) in [7, 11) is 0. The Morgan fingerprint density at radius 1 is 1.17 bits per heavy atom. The van der Waals surface area contributed by atoms with Crippen LogP contribution in [-0.2, 0) is 5.60 Å². The number of rotatable bonds is 2. The molecule has 3 heteroatoms. The van der Waals surface area contributed by atoms with Crippen LogP contribution in [0.1, 0.15) is 23.6 Å². The van der Waals surface area contributed by atoms with Gasteiger partial charge >= 0.3 is 0 Å². The second-order valence-corrected chi connectivity index (χ2v) is 4.24. The molecule has 0 fully saturated rings. The van der Waals surface area contributed by atoms with Crippen molar-refractivity contribution in [1.82, 2.24) is 0 Å². The molecule has 1 atom stereocenters. The lowest BCUT2D eigenvalue weighted by atomic mass is 9.87. The van der Waals surface area contributed by atoms with Crippen molar-refractivity contribution in [2.75, 3.05) is 0 Å². The van der Waals surface area contributed by atoms with Crippen LogP contribution in [0, 0.1) is 17.1 Å². The number of halogens is 1. The second kappa shape index (κ2) is 4.59. The van der Waals surface area contributed by atoms with Gasteiger partial charge in [0.15, 0.2) is 0 Å². The topological polar surface area (TPSA) is 44.0 Å². The molecule has 2 aromatic carbocycles. The largest absolute Gasteiger partial charge is 0.381 e. The van der Waals surface area contributed by atoms with Crippen LogP contribution in [0.15, 0.2) is 48.5 Å². The van der Waals surface area contributed by atoms with E-state index < -0.39 is 11.4 Å². The lowest BCUT2D eigenvalue weighted by Gasteiger charge is -2.25. The van der Waals surface area contributed by atoms with Crippen molar-refractivity contribution in [2.45, 2.75) is 12.5 Å². The summed E-state index contributed by atoms with van der Waals surface area (Å²) in [6.45, 7) is 1.52. The fourth-order valence-corrected chi connectivity index (χ4v) is 1.90. The van der Waals surface area contributed by atoms with E-state index in [9.17, 15) is 9.50 Å². The summed E-state index contributed by atoms with van der Waals surface area (Å²) in [6.07, 6.45) is 0. The molecule has 0 bridgehead atoms. The number of nitrogens with zero attached hydrogens (tertiary/aromatic N) is 1. The Bertz CT molecular complexity index is 614. The third-order valence-electron chi connectivity index (χ3n) is 2.95. The fraction of sp³-hybridized carbons (Fsp3) is 0.133. The van der Waals surface area contributed by atoms with Crippen LogP contribution < -0.4 is 0 Å². The first-order chi connectivity index (χ1) is 8.55. The quantitative estimate of drug-likeness (QED) is 0.878. The first-order valence-electron chi connectivity index (χ1n) is 5.53. The van der Waals surface area contributed by atoms with E-state index in [2.05, 4.69) is 0 Å². The lowest BCUT2D eigenvalue weighted by molar-refractivity contribution is 0.0979.